The zero-order valence-electron chi connectivity index (χ0n) is 26.9. The fourth-order valence-electron chi connectivity index (χ4n) is 8.31. The first-order valence-electron chi connectivity index (χ1n) is 17.0. The molecule has 0 spiro atoms. The largest absolute Gasteiger partial charge is 0.494 e. The molecule has 246 valence electrons. The molecule has 10 nitrogen and oxygen atoms in total. The maximum Gasteiger partial charge on any atom is 0.254 e. The van der Waals surface area contributed by atoms with E-state index in [0.717, 1.165) is 41.8 Å². The van der Waals surface area contributed by atoms with Crippen molar-refractivity contribution in [1.29, 1.82) is 0 Å². The Kier molecular flexibility index (Phi) is 6.83. The molecule has 0 radical (unpaired) electrons. The van der Waals surface area contributed by atoms with Crippen molar-refractivity contribution in [3.05, 3.63) is 77.9 Å². The third-order valence-electron chi connectivity index (χ3n) is 11.0. The molecule has 2 aliphatic heterocycles. The number of aromatic nitrogens is 4. The molecule has 4 aliphatic rings. The lowest BCUT2D eigenvalue weighted by molar-refractivity contribution is 0.0470. The Morgan fingerprint density at radius 1 is 0.917 bits per heavy atom. The predicted octanol–water partition coefficient (Wildman–Crippen LogP) is 4.94. The van der Waals surface area contributed by atoms with Gasteiger partial charge in [0.1, 0.15) is 11.3 Å². The third-order valence-corrected chi connectivity index (χ3v) is 11.0. The van der Waals surface area contributed by atoms with Gasteiger partial charge in [0.15, 0.2) is 5.82 Å². The summed E-state index contributed by atoms with van der Waals surface area (Å²) in [6.45, 7) is 3.26. The molecule has 2 unspecified atom stereocenters. The number of piperidine rings is 1. The van der Waals surface area contributed by atoms with E-state index in [4.69, 9.17) is 15.5 Å². The monoisotopic (exact) mass is 647 g/mol. The number of methoxy groups -OCH3 is 1. The van der Waals surface area contributed by atoms with Gasteiger partial charge in [0.2, 0.25) is 5.95 Å². The number of ether oxygens (including phenoxy) is 1. The molecule has 2 saturated carbocycles. The number of halogens is 1. The number of amides is 2. The van der Waals surface area contributed by atoms with Crippen LogP contribution in [0.5, 0.6) is 5.75 Å². The summed E-state index contributed by atoms with van der Waals surface area (Å²) in [7, 11) is 1.63. The average Bonchev–Trinajstić information content (AvgIpc) is 3.43. The Balaban J connectivity index is 1.12. The van der Waals surface area contributed by atoms with Crippen LogP contribution < -0.4 is 10.5 Å². The lowest BCUT2D eigenvalue weighted by Crippen LogP contribution is -2.51. The second-order valence-corrected chi connectivity index (χ2v) is 14.1. The highest BCUT2D eigenvalue weighted by Crippen LogP contribution is 2.41. The summed E-state index contributed by atoms with van der Waals surface area (Å²) in [6, 6.07) is 17.2. The van der Waals surface area contributed by atoms with Gasteiger partial charge in [-0.25, -0.2) is 9.97 Å². The lowest BCUT2D eigenvalue weighted by atomic mass is 9.98. The van der Waals surface area contributed by atoms with E-state index in [-0.39, 0.29) is 29.8 Å². The van der Waals surface area contributed by atoms with Crippen LogP contribution in [0, 0.1) is 23.7 Å². The minimum Gasteiger partial charge on any atom is -0.494 e. The second-order valence-electron chi connectivity index (χ2n) is 14.1. The topological polar surface area (TPSA) is 112 Å². The Morgan fingerprint density at radius 2 is 1.73 bits per heavy atom. The van der Waals surface area contributed by atoms with Crippen molar-refractivity contribution >= 4 is 33.8 Å². The molecule has 2 amide bonds. The van der Waals surface area contributed by atoms with Crippen LogP contribution >= 0.6 is 0 Å². The van der Waals surface area contributed by atoms with Crippen LogP contribution in [-0.4, -0.2) is 79.5 Å². The smallest absolute Gasteiger partial charge is 0.254 e. The Bertz CT molecular complexity index is 2100. The van der Waals surface area contributed by atoms with Crippen LogP contribution in [0.2, 0.25) is 0 Å². The van der Waals surface area contributed by atoms with Crippen molar-refractivity contribution in [2.45, 2.75) is 50.9 Å². The molecule has 2 bridgehead atoms. The van der Waals surface area contributed by atoms with Gasteiger partial charge in [0.05, 0.1) is 18.3 Å². The van der Waals surface area contributed by atoms with E-state index in [1.807, 2.05) is 17.0 Å². The zero-order valence-corrected chi connectivity index (χ0v) is 26.9. The Hall–Kier alpha value is -4.77. The van der Waals surface area contributed by atoms with Crippen LogP contribution in [-0.2, 0) is 13.1 Å². The molecule has 3 aromatic heterocycles. The summed E-state index contributed by atoms with van der Waals surface area (Å²) in [5.41, 5.74) is 11.0. The number of hydrogen-bond acceptors (Lipinski definition) is 6. The van der Waals surface area contributed by atoms with Crippen molar-refractivity contribution in [2.75, 3.05) is 26.7 Å². The quantitative estimate of drug-likeness (QED) is 0.239. The fourth-order valence-corrected chi connectivity index (χ4v) is 8.31. The normalized spacial score (nSPS) is 22.2. The van der Waals surface area contributed by atoms with Crippen LogP contribution in [0.25, 0.3) is 33.5 Å². The summed E-state index contributed by atoms with van der Waals surface area (Å²) in [5, 5.41) is 1.15. The summed E-state index contributed by atoms with van der Waals surface area (Å²) >= 11 is 0. The molecule has 2 N–H and O–H groups in total. The van der Waals surface area contributed by atoms with Gasteiger partial charge in [0.25, 0.3) is 11.8 Å². The van der Waals surface area contributed by atoms with Gasteiger partial charge in [-0.2, -0.15) is 4.39 Å². The number of fused-ring (bicyclic) bond motifs is 4. The second kappa shape index (κ2) is 11.2. The predicted molar refractivity (Wildman–Crippen MR) is 179 cm³/mol. The highest BCUT2D eigenvalue weighted by Gasteiger charge is 2.47. The number of carbonyl (C=O) groups is 2. The van der Waals surface area contributed by atoms with Crippen LogP contribution in [0.3, 0.4) is 0 Å². The van der Waals surface area contributed by atoms with Gasteiger partial charge < -0.3 is 29.4 Å². The highest BCUT2D eigenvalue weighted by atomic mass is 19.1. The van der Waals surface area contributed by atoms with E-state index in [9.17, 15) is 14.0 Å². The molecular formula is C37H38FN7O3. The first-order valence-corrected chi connectivity index (χ1v) is 17.0. The zero-order chi connectivity index (χ0) is 32.7. The van der Waals surface area contributed by atoms with E-state index in [1.165, 1.54) is 30.6 Å². The summed E-state index contributed by atoms with van der Waals surface area (Å²) < 4.78 is 24.4. The number of nitrogens with zero attached hydrogens (tertiary/aromatic N) is 6. The Morgan fingerprint density at radius 3 is 2.46 bits per heavy atom. The SMILES string of the molecule is COc1cc(C(=O)N2CC3CCC2[C@@H]3N)cc2nc(-c3cc4ccccc4n3CC3CC3)n(CC3CN(C(=O)c4ccnc(F)c4)C3)c12. The minimum absolute atomic E-state index is 0.0301. The molecule has 3 atom stereocenters. The summed E-state index contributed by atoms with van der Waals surface area (Å²) in [4.78, 5) is 39.6. The molecule has 9 rings (SSSR count). The first-order chi connectivity index (χ1) is 23.4. The van der Waals surface area contributed by atoms with E-state index in [1.54, 1.807) is 18.1 Å². The van der Waals surface area contributed by atoms with Gasteiger partial charge in [-0.3, -0.25) is 9.59 Å². The molecule has 5 heterocycles. The molecule has 2 saturated heterocycles. The van der Waals surface area contributed by atoms with E-state index < -0.39 is 5.95 Å². The van der Waals surface area contributed by atoms with Crippen molar-refractivity contribution in [3.8, 4) is 17.3 Å². The van der Waals surface area contributed by atoms with Gasteiger partial charge in [-0.15, -0.1) is 0 Å². The molecule has 4 fully saturated rings. The van der Waals surface area contributed by atoms with Crippen molar-refractivity contribution < 1.29 is 18.7 Å². The Labute approximate surface area is 277 Å². The summed E-state index contributed by atoms with van der Waals surface area (Å²) in [6.07, 6.45) is 5.77. The number of likely N-dealkylation sites (tertiary alicyclic amines) is 2. The number of nitrogens with two attached hydrogens (primary N) is 1. The van der Waals surface area contributed by atoms with E-state index >= 15 is 0 Å². The molecular weight excluding hydrogens is 609 g/mol. The van der Waals surface area contributed by atoms with Gasteiger partial charge in [-0.1, -0.05) is 18.2 Å². The molecule has 2 aliphatic carbocycles. The highest BCUT2D eigenvalue weighted by molar-refractivity contribution is 6.01. The number of pyridine rings is 1. The number of benzene rings is 2. The number of rotatable bonds is 8. The molecule has 5 aromatic rings. The fraction of sp³-hybridized carbons (Fsp3) is 0.405. The van der Waals surface area contributed by atoms with Crippen molar-refractivity contribution in [1.82, 2.24) is 28.9 Å². The number of imidazole rings is 1. The maximum absolute atomic E-state index is 13.9. The van der Waals surface area contributed by atoms with Crippen molar-refractivity contribution in [2.24, 2.45) is 23.5 Å². The third kappa shape index (κ3) is 4.77. The minimum atomic E-state index is -0.668. The standard InChI is InChI=1S/C37H38FN7O3/c1-48-31-14-26(37(47)44-20-25-8-9-29(44)33(25)39)12-27-34(31)45(19-22-16-42(17-22)36(46)24-10-11-40-32(38)15-24)35(41-27)30-13-23-4-2-3-5-28(23)43(30)18-21-6-7-21/h2-5,10-15,21-22,25,29,33H,6-9,16-20,39H2,1H3/t25?,29?,33-/m1/s1. The number of hydrogen-bond donors (Lipinski definition) is 1. The van der Waals surface area contributed by atoms with Gasteiger partial charge >= 0.3 is 0 Å². The van der Waals surface area contributed by atoms with Crippen LogP contribution in [0.15, 0.2) is 60.8 Å². The van der Waals surface area contributed by atoms with Crippen LogP contribution in [0.4, 0.5) is 4.39 Å². The van der Waals surface area contributed by atoms with E-state index in [0.29, 0.717) is 60.4 Å². The van der Waals surface area contributed by atoms with E-state index in [2.05, 4.69) is 44.5 Å². The first kappa shape index (κ1) is 29.4. The molecule has 2 aromatic carbocycles. The molecule has 48 heavy (non-hydrogen) atoms. The number of para-hydroxylation sites is 1. The number of carbonyl (C=O) groups excluding carboxylic acids is 2. The average molecular weight is 648 g/mol. The van der Waals surface area contributed by atoms with Crippen LogP contribution in [0.1, 0.15) is 46.4 Å². The molecule has 11 heteroatoms. The lowest BCUT2D eigenvalue weighted by Gasteiger charge is -2.39. The maximum atomic E-state index is 13.9. The van der Waals surface area contributed by atoms with Gasteiger partial charge in [-0.05, 0) is 67.9 Å². The van der Waals surface area contributed by atoms with Crippen molar-refractivity contribution in [3.63, 3.8) is 0 Å². The van der Waals surface area contributed by atoms with Gasteiger partial charge in [0, 0.05) is 85.0 Å². The summed E-state index contributed by atoms with van der Waals surface area (Å²) in [5.74, 6) is 1.64.